The van der Waals surface area contributed by atoms with Crippen LogP contribution in [-0.2, 0) is 28.8 Å². The zero-order valence-corrected chi connectivity index (χ0v) is 30.6. The Hall–Kier alpha value is -3.17. The van der Waals surface area contributed by atoms with Crippen molar-refractivity contribution in [3.63, 3.8) is 0 Å². The molecule has 6 atom stereocenters. The number of halogens is 1. The Labute approximate surface area is 298 Å². The molecule has 0 radical (unpaired) electrons. The summed E-state index contributed by atoms with van der Waals surface area (Å²) in [7, 11) is 0. The number of carbonyl (C=O) groups is 2. The fourth-order valence-corrected chi connectivity index (χ4v) is 9.21. The van der Waals surface area contributed by atoms with Gasteiger partial charge in [-0.05, 0) is 86.2 Å². The quantitative estimate of drug-likeness (QED) is 0.222. The third-order valence-electron chi connectivity index (χ3n) is 11.3. The van der Waals surface area contributed by atoms with Crippen LogP contribution in [0.2, 0.25) is 0 Å². The molecule has 2 heterocycles. The van der Waals surface area contributed by atoms with E-state index in [9.17, 15) is 14.7 Å². The Bertz CT molecular complexity index is 1290. The highest BCUT2D eigenvalue weighted by Crippen LogP contribution is 2.59. The van der Waals surface area contributed by atoms with Gasteiger partial charge < -0.3 is 14.9 Å². The second-order valence-electron chi connectivity index (χ2n) is 13.6. The third kappa shape index (κ3) is 8.70. The first-order chi connectivity index (χ1) is 23.1. The van der Waals surface area contributed by atoms with Crippen molar-refractivity contribution < 1.29 is 33.9 Å². The number of hydrogen-bond donors (Lipinski definition) is 1. The van der Waals surface area contributed by atoms with Gasteiger partial charge in [-0.1, -0.05) is 97.1 Å². The van der Waals surface area contributed by atoms with E-state index in [1.807, 2.05) is 29.2 Å². The van der Waals surface area contributed by atoms with Crippen LogP contribution in [0.4, 0.5) is 0 Å². The van der Waals surface area contributed by atoms with E-state index in [-0.39, 0.29) is 54.2 Å². The normalized spacial score (nSPS) is 25.5. The zero-order chi connectivity index (χ0) is 35.5. The van der Waals surface area contributed by atoms with Crippen LogP contribution in [0.5, 0.6) is 0 Å². The summed E-state index contributed by atoms with van der Waals surface area (Å²) >= 11 is 2.52. The van der Waals surface area contributed by atoms with Crippen LogP contribution >= 0.6 is 22.6 Å². The molecule has 2 aromatic carbocycles. The van der Waals surface area contributed by atoms with Crippen molar-refractivity contribution in [2.24, 2.45) is 34.5 Å². The monoisotopic (exact) mass is 772 g/mol. The molecular formula is C38H49IN2O7. The van der Waals surface area contributed by atoms with Crippen molar-refractivity contribution in [1.82, 2.24) is 9.80 Å². The molecule has 4 fully saturated rings. The number of carbonyl (C=O) groups excluding carboxylic acids is 6. The van der Waals surface area contributed by atoms with Crippen LogP contribution in [0.15, 0.2) is 60.7 Å². The summed E-state index contributed by atoms with van der Waals surface area (Å²) in [5.74, 6) is 1.89. The molecule has 0 bridgehead atoms. The average molecular weight is 773 g/mol. The number of rotatable bonds is 10. The molecule has 2 unspecified atom stereocenters. The van der Waals surface area contributed by atoms with Crippen molar-refractivity contribution in [1.29, 1.82) is 0 Å². The predicted molar refractivity (Wildman–Crippen MR) is 187 cm³/mol. The van der Waals surface area contributed by atoms with Gasteiger partial charge in [-0.25, -0.2) is 0 Å². The largest absolute Gasteiger partial charge is 0.396 e. The van der Waals surface area contributed by atoms with E-state index < -0.39 is 0 Å². The molecule has 0 spiro atoms. The number of hydrogen-bond acceptors (Lipinski definition) is 7. The molecule has 260 valence electrons. The number of likely N-dealkylation sites (tertiary alicyclic amines) is 2. The second-order valence-corrected chi connectivity index (χ2v) is 14.3. The minimum atomic E-state index is 0.0293. The minimum absolute atomic E-state index is 0.0293. The fourth-order valence-electron chi connectivity index (χ4n) is 7.88. The van der Waals surface area contributed by atoms with E-state index in [0.29, 0.717) is 23.2 Å². The van der Waals surface area contributed by atoms with Crippen LogP contribution in [0.1, 0.15) is 89.4 Å². The highest BCUT2D eigenvalue weighted by molar-refractivity contribution is 14.1. The van der Waals surface area contributed by atoms with Crippen molar-refractivity contribution in [2.75, 3.05) is 24.1 Å². The highest BCUT2D eigenvalue weighted by atomic mass is 127. The standard InChI is InChI=1S/C18H24INO.C18H25NO2.2CO2/c1-3-15-16(18(12-19)9-10-18)11-20(17(15)21)13(2)14-7-5-4-6-8-14;1-3-15-16(18(12-20)9-10-18)11-19(17(15)21)13(2)14-7-5-4-6-8-14;2*2-1-3/h4-8,13,15-16H,3,9-12H2,1-2H3;4-8,13,15-16,20H,3,9-12H2,1-2H3;;/t2*13-,15?,16+;;/m00../s1. The number of aliphatic hydroxyl groups excluding tert-OH is 1. The summed E-state index contributed by atoms with van der Waals surface area (Å²) in [4.78, 5) is 62.3. The Balaban J connectivity index is 0.000000224. The maximum absolute atomic E-state index is 12.9. The van der Waals surface area contributed by atoms with Crippen LogP contribution in [0.3, 0.4) is 0 Å². The molecular weight excluding hydrogens is 723 g/mol. The van der Waals surface area contributed by atoms with E-state index in [4.69, 9.17) is 19.2 Å². The summed E-state index contributed by atoms with van der Waals surface area (Å²) in [5.41, 5.74) is 2.93. The number of benzene rings is 2. The van der Waals surface area contributed by atoms with Gasteiger partial charge in [-0.15, -0.1) is 0 Å². The smallest absolute Gasteiger partial charge is 0.373 e. The van der Waals surface area contributed by atoms with E-state index in [0.717, 1.165) is 38.8 Å². The van der Waals surface area contributed by atoms with E-state index in [2.05, 4.69) is 91.6 Å². The molecule has 6 rings (SSSR count). The molecule has 4 aliphatic rings. The molecule has 2 saturated carbocycles. The second kappa shape index (κ2) is 18.0. The van der Waals surface area contributed by atoms with E-state index in [1.165, 1.54) is 28.4 Å². The first kappa shape index (κ1) is 39.3. The van der Waals surface area contributed by atoms with Crippen LogP contribution in [-0.4, -0.2) is 63.1 Å². The average Bonchev–Trinajstić information content (AvgIpc) is 4.03. The zero-order valence-electron chi connectivity index (χ0n) is 28.5. The first-order valence-electron chi connectivity index (χ1n) is 16.9. The molecule has 0 aromatic heterocycles. The molecule has 48 heavy (non-hydrogen) atoms. The van der Waals surface area contributed by atoms with Crippen molar-refractivity contribution in [3.05, 3.63) is 71.8 Å². The molecule has 2 aliphatic carbocycles. The lowest BCUT2D eigenvalue weighted by Gasteiger charge is -2.27. The van der Waals surface area contributed by atoms with Crippen LogP contribution < -0.4 is 0 Å². The predicted octanol–water partition coefficient (Wildman–Crippen LogP) is 6.29. The molecule has 2 aromatic rings. The van der Waals surface area contributed by atoms with Gasteiger partial charge in [0.15, 0.2) is 0 Å². The van der Waals surface area contributed by atoms with Gasteiger partial charge in [0, 0.05) is 36.0 Å². The van der Waals surface area contributed by atoms with Crippen molar-refractivity contribution in [3.8, 4) is 0 Å². The Morgan fingerprint density at radius 2 is 1.04 bits per heavy atom. The van der Waals surface area contributed by atoms with Crippen molar-refractivity contribution in [2.45, 2.75) is 78.3 Å². The number of aliphatic hydroxyl groups is 1. The lowest BCUT2D eigenvalue weighted by atomic mass is 9.80. The number of alkyl halides is 1. The molecule has 2 saturated heterocycles. The summed E-state index contributed by atoms with van der Waals surface area (Å²) < 4.78 is 1.20. The first-order valence-corrected chi connectivity index (χ1v) is 18.5. The lowest BCUT2D eigenvalue weighted by molar-refractivity contribution is -0.193. The Kier molecular flexibility index (Phi) is 14.7. The fraction of sp³-hybridized carbons (Fsp3) is 0.579. The SMILES string of the molecule is CCC1C(=O)N([C@@H](C)c2ccccc2)C[C@H]1C1(CI)CC1.CCC1C(=O)N([C@@H](C)c2ccccc2)C[C@H]1C1(CO)CC1.O=C=O.O=C=O. The van der Waals surface area contributed by atoms with E-state index >= 15 is 0 Å². The number of amides is 2. The van der Waals surface area contributed by atoms with Crippen LogP contribution in [0, 0.1) is 34.5 Å². The lowest BCUT2D eigenvalue weighted by Crippen LogP contribution is -2.30. The number of nitrogens with zero attached hydrogens (tertiary/aromatic N) is 2. The topological polar surface area (TPSA) is 129 Å². The molecule has 10 heteroatoms. The Morgan fingerprint density at radius 3 is 1.31 bits per heavy atom. The summed E-state index contributed by atoms with van der Waals surface area (Å²) in [6.07, 6.45) is 7.15. The third-order valence-corrected chi connectivity index (χ3v) is 12.8. The summed E-state index contributed by atoms with van der Waals surface area (Å²) in [6.45, 7) is 10.5. The van der Waals surface area contributed by atoms with Crippen LogP contribution in [0.25, 0.3) is 0 Å². The minimum Gasteiger partial charge on any atom is -0.396 e. The Morgan fingerprint density at radius 1 is 0.708 bits per heavy atom. The molecule has 2 amide bonds. The highest BCUT2D eigenvalue weighted by Gasteiger charge is 2.58. The summed E-state index contributed by atoms with van der Waals surface area (Å²) in [5, 5.41) is 9.73. The van der Waals surface area contributed by atoms with Gasteiger partial charge >= 0.3 is 12.3 Å². The maximum Gasteiger partial charge on any atom is 0.373 e. The van der Waals surface area contributed by atoms with Crippen molar-refractivity contribution >= 4 is 46.7 Å². The molecule has 1 N–H and O–H groups in total. The van der Waals surface area contributed by atoms with Gasteiger partial charge in [0.25, 0.3) is 0 Å². The van der Waals surface area contributed by atoms with Gasteiger partial charge in [0.1, 0.15) is 0 Å². The summed E-state index contributed by atoms with van der Waals surface area (Å²) in [6, 6.07) is 21.0. The maximum atomic E-state index is 12.9. The van der Waals surface area contributed by atoms with Gasteiger partial charge in [-0.2, -0.15) is 19.2 Å². The van der Waals surface area contributed by atoms with Gasteiger partial charge in [-0.3, -0.25) is 9.59 Å². The van der Waals surface area contributed by atoms with E-state index in [1.54, 1.807) is 0 Å². The van der Waals surface area contributed by atoms with Gasteiger partial charge in [0.05, 0.1) is 12.1 Å². The van der Waals surface area contributed by atoms with Gasteiger partial charge in [0.2, 0.25) is 11.8 Å². The molecule has 9 nitrogen and oxygen atoms in total. The molecule has 2 aliphatic heterocycles.